The SMILES string of the molecule is C[C@@H](C(=O)Nc1cccnc1Cl)N1CCN(c2cccc(C(F)(F)F)c2)CC1. The van der Waals surface area contributed by atoms with Gasteiger partial charge in [-0.1, -0.05) is 17.7 Å². The summed E-state index contributed by atoms with van der Waals surface area (Å²) in [6.45, 7) is 3.98. The molecule has 1 aromatic carbocycles. The Balaban J connectivity index is 1.59. The van der Waals surface area contributed by atoms with Crippen molar-refractivity contribution in [2.75, 3.05) is 36.4 Å². The number of nitrogens with zero attached hydrogens (tertiary/aromatic N) is 3. The van der Waals surface area contributed by atoms with E-state index >= 15 is 0 Å². The molecule has 0 spiro atoms. The van der Waals surface area contributed by atoms with Crippen LogP contribution in [0.15, 0.2) is 42.6 Å². The number of piperazine rings is 1. The van der Waals surface area contributed by atoms with Gasteiger partial charge in [-0.05, 0) is 37.3 Å². The highest BCUT2D eigenvalue weighted by Crippen LogP contribution is 2.32. The summed E-state index contributed by atoms with van der Waals surface area (Å²) < 4.78 is 38.7. The van der Waals surface area contributed by atoms with Crippen LogP contribution in [0.4, 0.5) is 24.5 Å². The normalized spacial score (nSPS) is 16.7. The molecule has 1 aliphatic heterocycles. The fourth-order valence-corrected chi connectivity index (χ4v) is 3.30. The Hall–Kier alpha value is -2.32. The second kappa shape index (κ2) is 8.36. The lowest BCUT2D eigenvalue weighted by molar-refractivity contribution is -0.137. The summed E-state index contributed by atoms with van der Waals surface area (Å²) in [4.78, 5) is 20.3. The maximum atomic E-state index is 12.9. The van der Waals surface area contributed by atoms with Crippen LogP contribution in [0.5, 0.6) is 0 Å². The van der Waals surface area contributed by atoms with E-state index in [1.807, 2.05) is 9.80 Å². The maximum Gasteiger partial charge on any atom is 0.416 e. The van der Waals surface area contributed by atoms with Crippen LogP contribution in [0.3, 0.4) is 0 Å². The van der Waals surface area contributed by atoms with Crippen molar-refractivity contribution >= 4 is 28.9 Å². The lowest BCUT2D eigenvalue weighted by Crippen LogP contribution is -2.52. The molecule has 2 aromatic rings. The van der Waals surface area contributed by atoms with Gasteiger partial charge < -0.3 is 10.2 Å². The fraction of sp³-hybridized carbons (Fsp3) is 0.368. The molecular formula is C19H20ClF3N4O. The average Bonchev–Trinajstić information content (AvgIpc) is 2.69. The highest BCUT2D eigenvalue weighted by Gasteiger charge is 2.31. The molecule has 0 saturated carbocycles. The molecule has 1 N–H and O–H groups in total. The summed E-state index contributed by atoms with van der Waals surface area (Å²) in [5.74, 6) is -0.206. The molecule has 2 heterocycles. The van der Waals surface area contributed by atoms with E-state index in [0.29, 0.717) is 37.6 Å². The topological polar surface area (TPSA) is 48.5 Å². The number of amides is 1. The van der Waals surface area contributed by atoms with Crippen molar-refractivity contribution in [1.29, 1.82) is 0 Å². The highest BCUT2D eigenvalue weighted by atomic mass is 35.5. The molecule has 1 fully saturated rings. The molecule has 1 atom stereocenters. The average molecular weight is 413 g/mol. The van der Waals surface area contributed by atoms with Crippen LogP contribution in [-0.2, 0) is 11.0 Å². The number of hydrogen-bond acceptors (Lipinski definition) is 4. The van der Waals surface area contributed by atoms with Gasteiger partial charge in [0, 0.05) is 38.1 Å². The Morgan fingerprint density at radius 3 is 2.54 bits per heavy atom. The molecule has 150 valence electrons. The Bertz CT molecular complexity index is 838. The third-order valence-corrected chi connectivity index (χ3v) is 5.10. The standard InChI is InChI=1S/C19H20ClF3N4O/c1-13(18(28)25-16-6-3-7-24-17(16)20)26-8-10-27(11-9-26)15-5-2-4-14(12-15)19(21,22)23/h2-7,12-13H,8-11H2,1H3,(H,25,28)/t13-/m0/s1. The zero-order valence-electron chi connectivity index (χ0n) is 15.2. The third-order valence-electron chi connectivity index (χ3n) is 4.80. The van der Waals surface area contributed by atoms with E-state index in [2.05, 4.69) is 10.3 Å². The number of rotatable bonds is 4. The number of pyridine rings is 1. The number of hydrogen-bond donors (Lipinski definition) is 1. The molecule has 1 aliphatic rings. The molecule has 1 aromatic heterocycles. The van der Waals surface area contributed by atoms with Crippen molar-refractivity contribution < 1.29 is 18.0 Å². The van der Waals surface area contributed by atoms with E-state index in [1.165, 1.54) is 12.3 Å². The van der Waals surface area contributed by atoms with Gasteiger partial charge in [-0.3, -0.25) is 9.69 Å². The maximum absolute atomic E-state index is 12.9. The number of nitrogens with one attached hydrogen (secondary N) is 1. The van der Waals surface area contributed by atoms with E-state index in [9.17, 15) is 18.0 Å². The van der Waals surface area contributed by atoms with Crippen LogP contribution in [0.2, 0.25) is 5.15 Å². The van der Waals surface area contributed by atoms with E-state index in [-0.39, 0.29) is 11.1 Å². The molecule has 0 bridgehead atoms. The van der Waals surface area contributed by atoms with Gasteiger partial charge in [-0.2, -0.15) is 13.2 Å². The molecule has 0 radical (unpaired) electrons. The molecule has 1 saturated heterocycles. The Morgan fingerprint density at radius 1 is 1.18 bits per heavy atom. The summed E-state index contributed by atoms with van der Waals surface area (Å²) in [6.07, 6.45) is -2.83. The van der Waals surface area contributed by atoms with Gasteiger partial charge in [0.1, 0.15) is 0 Å². The van der Waals surface area contributed by atoms with Gasteiger partial charge in [-0.25, -0.2) is 4.98 Å². The van der Waals surface area contributed by atoms with Gasteiger partial charge in [0.05, 0.1) is 17.3 Å². The molecule has 3 rings (SSSR count). The summed E-state index contributed by atoms with van der Waals surface area (Å²) in [6, 6.07) is 8.26. The molecular weight excluding hydrogens is 393 g/mol. The van der Waals surface area contributed by atoms with Crippen LogP contribution < -0.4 is 10.2 Å². The minimum absolute atomic E-state index is 0.206. The zero-order valence-corrected chi connectivity index (χ0v) is 16.0. The second-order valence-corrected chi connectivity index (χ2v) is 6.94. The molecule has 9 heteroatoms. The fourth-order valence-electron chi connectivity index (χ4n) is 3.13. The summed E-state index contributed by atoms with van der Waals surface area (Å²) >= 11 is 5.96. The smallest absolute Gasteiger partial charge is 0.369 e. The summed E-state index contributed by atoms with van der Waals surface area (Å²) in [5.41, 5.74) is 0.325. The first-order chi connectivity index (χ1) is 13.3. The lowest BCUT2D eigenvalue weighted by atomic mass is 10.1. The van der Waals surface area contributed by atoms with Gasteiger partial charge in [0.25, 0.3) is 0 Å². The van der Waals surface area contributed by atoms with Gasteiger partial charge >= 0.3 is 6.18 Å². The number of benzene rings is 1. The number of halogens is 4. The molecule has 1 amide bonds. The van der Waals surface area contributed by atoms with Crippen molar-refractivity contribution in [2.45, 2.75) is 19.1 Å². The Labute approximate surface area is 166 Å². The molecule has 0 aliphatic carbocycles. The molecule has 5 nitrogen and oxygen atoms in total. The molecule has 28 heavy (non-hydrogen) atoms. The van der Waals surface area contributed by atoms with Crippen LogP contribution in [0.1, 0.15) is 12.5 Å². The van der Waals surface area contributed by atoms with E-state index < -0.39 is 17.8 Å². The number of carbonyl (C=O) groups is 1. The largest absolute Gasteiger partial charge is 0.416 e. The van der Waals surface area contributed by atoms with Crippen molar-refractivity contribution in [3.05, 3.63) is 53.3 Å². The van der Waals surface area contributed by atoms with Crippen LogP contribution in [0.25, 0.3) is 0 Å². The quantitative estimate of drug-likeness (QED) is 0.774. The second-order valence-electron chi connectivity index (χ2n) is 6.58. The van der Waals surface area contributed by atoms with Gasteiger partial charge in [-0.15, -0.1) is 0 Å². The van der Waals surface area contributed by atoms with Gasteiger partial charge in [0.15, 0.2) is 5.15 Å². The summed E-state index contributed by atoms with van der Waals surface area (Å²) in [7, 11) is 0. The van der Waals surface area contributed by atoms with Crippen molar-refractivity contribution in [1.82, 2.24) is 9.88 Å². The minimum Gasteiger partial charge on any atom is -0.369 e. The zero-order chi connectivity index (χ0) is 20.3. The van der Waals surface area contributed by atoms with E-state index in [1.54, 1.807) is 25.1 Å². The van der Waals surface area contributed by atoms with E-state index in [4.69, 9.17) is 11.6 Å². The van der Waals surface area contributed by atoms with Crippen molar-refractivity contribution in [2.24, 2.45) is 0 Å². The van der Waals surface area contributed by atoms with Crippen molar-refractivity contribution in [3.63, 3.8) is 0 Å². The summed E-state index contributed by atoms with van der Waals surface area (Å²) in [5, 5.41) is 2.98. The number of aromatic nitrogens is 1. The predicted molar refractivity (Wildman–Crippen MR) is 103 cm³/mol. The first-order valence-corrected chi connectivity index (χ1v) is 9.21. The van der Waals surface area contributed by atoms with Crippen LogP contribution in [0, 0.1) is 0 Å². The first-order valence-electron chi connectivity index (χ1n) is 8.83. The number of anilines is 2. The van der Waals surface area contributed by atoms with E-state index in [0.717, 1.165) is 12.1 Å². The van der Waals surface area contributed by atoms with Gasteiger partial charge in [0.2, 0.25) is 5.91 Å². The predicted octanol–water partition coefficient (Wildman–Crippen LogP) is 3.90. The number of carbonyl (C=O) groups excluding carboxylic acids is 1. The lowest BCUT2D eigenvalue weighted by Gasteiger charge is -2.38. The third kappa shape index (κ3) is 4.74. The Morgan fingerprint density at radius 2 is 1.89 bits per heavy atom. The molecule has 0 unspecified atom stereocenters. The first kappa shape index (κ1) is 20.4. The Kier molecular flexibility index (Phi) is 6.10. The van der Waals surface area contributed by atoms with Crippen LogP contribution >= 0.6 is 11.6 Å². The minimum atomic E-state index is -4.36. The number of alkyl halides is 3. The van der Waals surface area contributed by atoms with Crippen LogP contribution in [-0.4, -0.2) is 48.0 Å². The van der Waals surface area contributed by atoms with Crippen molar-refractivity contribution in [3.8, 4) is 0 Å². The highest BCUT2D eigenvalue weighted by molar-refractivity contribution is 6.32. The monoisotopic (exact) mass is 412 g/mol.